The Balaban J connectivity index is 2.17. The second kappa shape index (κ2) is 6.62. The molecule has 0 bridgehead atoms. The second-order valence-electron chi connectivity index (χ2n) is 4.11. The number of carbonyl (C=O) groups excluding carboxylic acids is 1. The number of hydrogen-bond acceptors (Lipinski definition) is 3. The molecule has 0 aliphatic carbocycles. The molecular weight excluding hydrogens is 354 g/mol. The number of amides is 1. The van der Waals surface area contributed by atoms with Crippen LogP contribution in [0.1, 0.15) is 10.4 Å². The number of nitrogens with one attached hydrogen (secondary N) is 2. The normalized spacial score (nSPS) is 11.2. The average molecular weight is 363 g/mol. The Labute approximate surface area is 136 Å². The van der Waals surface area contributed by atoms with Crippen molar-refractivity contribution in [2.24, 2.45) is 0 Å². The van der Waals surface area contributed by atoms with Crippen molar-refractivity contribution in [3.8, 4) is 0 Å². The Kier molecular flexibility index (Phi) is 5.02. The molecule has 5 nitrogen and oxygen atoms in total. The minimum Gasteiger partial charge on any atom is -0.273 e. The molecule has 2 aromatic rings. The molecular formula is C13H9Cl2FN2O3S. The van der Waals surface area contributed by atoms with Gasteiger partial charge in [-0.3, -0.25) is 10.2 Å². The fourth-order valence-electron chi connectivity index (χ4n) is 1.57. The van der Waals surface area contributed by atoms with E-state index >= 15 is 0 Å². The summed E-state index contributed by atoms with van der Waals surface area (Å²) in [5.41, 5.74) is 1.92. The van der Waals surface area contributed by atoms with Gasteiger partial charge in [0.15, 0.2) is 0 Å². The van der Waals surface area contributed by atoms with E-state index in [-0.39, 0.29) is 15.6 Å². The van der Waals surface area contributed by atoms with Crippen LogP contribution < -0.4 is 10.3 Å². The Morgan fingerprint density at radius 2 is 1.77 bits per heavy atom. The fraction of sp³-hybridized carbons (Fsp3) is 0. The van der Waals surface area contributed by atoms with Gasteiger partial charge in [-0.1, -0.05) is 35.3 Å². The van der Waals surface area contributed by atoms with Gasteiger partial charge < -0.3 is 0 Å². The summed E-state index contributed by atoms with van der Waals surface area (Å²) in [5.74, 6) is -1.77. The number of hydrazine groups is 1. The van der Waals surface area contributed by atoms with Crippen LogP contribution in [-0.4, -0.2) is 14.3 Å². The molecule has 0 aliphatic rings. The molecule has 0 aromatic heterocycles. The summed E-state index contributed by atoms with van der Waals surface area (Å²) in [7, 11) is -4.25. The molecule has 0 saturated heterocycles. The van der Waals surface area contributed by atoms with E-state index in [4.69, 9.17) is 23.2 Å². The molecule has 0 atom stereocenters. The summed E-state index contributed by atoms with van der Waals surface area (Å²) in [5, 5.41) is 0.346. The molecule has 0 unspecified atom stereocenters. The first-order chi connectivity index (χ1) is 10.3. The average Bonchev–Trinajstić information content (AvgIpc) is 2.47. The molecule has 0 spiro atoms. The molecule has 116 valence electrons. The molecule has 0 heterocycles. The van der Waals surface area contributed by atoms with Crippen LogP contribution >= 0.6 is 23.2 Å². The molecule has 0 radical (unpaired) electrons. The van der Waals surface area contributed by atoms with Crippen molar-refractivity contribution in [1.82, 2.24) is 10.3 Å². The largest absolute Gasteiger partial charge is 0.273 e. The predicted octanol–water partition coefficient (Wildman–Crippen LogP) is 2.76. The first-order valence-corrected chi connectivity index (χ1v) is 8.07. The van der Waals surface area contributed by atoms with Gasteiger partial charge in [0.05, 0.1) is 10.6 Å². The van der Waals surface area contributed by atoms with Crippen molar-refractivity contribution in [2.75, 3.05) is 0 Å². The number of carbonyl (C=O) groups is 1. The van der Waals surface area contributed by atoms with Crippen LogP contribution in [0.3, 0.4) is 0 Å². The highest BCUT2D eigenvalue weighted by Gasteiger charge is 2.20. The van der Waals surface area contributed by atoms with Crippen LogP contribution in [0.25, 0.3) is 0 Å². The monoisotopic (exact) mass is 362 g/mol. The van der Waals surface area contributed by atoms with Crippen molar-refractivity contribution in [3.63, 3.8) is 0 Å². The van der Waals surface area contributed by atoms with Crippen LogP contribution in [0.4, 0.5) is 4.39 Å². The zero-order valence-electron chi connectivity index (χ0n) is 10.8. The summed E-state index contributed by atoms with van der Waals surface area (Å²) in [6, 6.07) is 8.90. The molecule has 2 rings (SSSR count). The Bertz CT molecular complexity index is 828. The maximum absolute atomic E-state index is 13.5. The van der Waals surface area contributed by atoms with Gasteiger partial charge in [-0.25, -0.2) is 12.8 Å². The van der Waals surface area contributed by atoms with E-state index in [1.165, 1.54) is 30.3 Å². The summed E-state index contributed by atoms with van der Waals surface area (Å²) < 4.78 is 37.3. The Hall–Kier alpha value is -1.67. The number of halogens is 3. The zero-order valence-corrected chi connectivity index (χ0v) is 13.1. The van der Waals surface area contributed by atoms with Gasteiger partial charge in [-0.2, -0.15) is 0 Å². The number of hydrogen-bond donors (Lipinski definition) is 2. The van der Waals surface area contributed by atoms with Crippen molar-refractivity contribution >= 4 is 39.1 Å². The summed E-state index contributed by atoms with van der Waals surface area (Å²) in [4.78, 5) is 13.1. The van der Waals surface area contributed by atoms with E-state index in [9.17, 15) is 17.6 Å². The van der Waals surface area contributed by atoms with Gasteiger partial charge in [0.1, 0.15) is 10.7 Å². The second-order valence-corrected chi connectivity index (χ2v) is 6.61. The standard InChI is InChI=1S/C13H9Cl2FN2O3S/c14-8-5-6-10(15)9(7-8)13(19)17-18-22(20,21)12-4-2-1-3-11(12)16/h1-7,18H,(H,17,19). The van der Waals surface area contributed by atoms with Crippen LogP contribution in [0.15, 0.2) is 47.4 Å². The van der Waals surface area contributed by atoms with Gasteiger partial charge in [0.2, 0.25) is 0 Å². The van der Waals surface area contributed by atoms with E-state index in [1.807, 2.05) is 5.43 Å². The van der Waals surface area contributed by atoms with Gasteiger partial charge in [0.25, 0.3) is 15.9 Å². The molecule has 2 aromatic carbocycles. The minimum absolute atomic E-state index is 0.0228. The minimum atomic E-state index is -4.25. The maximum atomic E-state index is 13.5. The summed E-state index contributed by atoms with van der Waals surface area (Å²) >= 11 is 11.6. The quantitative estimate of drug-likeness (QED) is 0.821. The highest BCUT2D eigenvalue weighted by Crippen LogP contribution is 2.20. The fourth-order valence-corrected chi connectivity index (χ4v) is 2.86. The van der Waals surface area contributed by atoms with E-state index in [0.29, 0.717) is 0 Å². The lowest BCUT2D eigenvalue weighted by atomic mass is 10.2. The molecule has 1 amide bonds. The molecule has 0 saturated carbocycles. The lowest BCUT2D eigenvalue weighted by Crippen LogP contribution is -2.41. The maximum Gasteiger partial charge on any atom is 0.267 e. The van der Waals surface area contributed by atoms with Crippen molar-refractivity contribution in [3.05, 3.63) is 63.9 Å². The number of benzene rings is 2. The summed E-state index contributed by atoms with van der Waals surface area (Å²) in [6.45, 7) is 0. The first-order valence-electron chi connectivity index (χ1n) is 5.83. The molecule has 0 fully saturated rings. The molecule has 22 heavy (non-hydrogen) atoms. The topological polar surface area (TPSA) is 75.3 Å². The third-order valence-corrected chi connectivity index (χ3v) is 4.44. The van der Waals surface area contributed by atoms with E-state index in [0.717, 1.165) is 12.1 Å². The van der Waals surface area contributed by atoms with Gasteiger partial charge in [0, 0.05) is 5.02 Å². The van der Waals surface area contributed by atoms with E-state index in [1.54, 1.807) is 4.83 Å². The zero-order chi connectivity index (χ0) is 16.3. The summed E-state index contributed by atoms with van der Waals surface area (Å²) in [6.07, 6.45) is 0. The lowest BCUT2D eigenvalue weighted by molar-refractivity contribution is 0.0945. The van der Waals surface area contributed by atoms with Gasteiger partial charge in [-0.15, -0.1) is 4.83 Å². The van der Waals surface area contributed by atoms with E-state index in [2.05, 4.69) is 0 Å². The van der Waals surface area contributed by atoms with Crippen LogP contribution in [-0.2, 0) is 10.0 Å². The van der Waals surface area contributed by atoms with Crippen molar-refractivity contribution in [1.29, 1.82) is 0 Å². The Morgan fingerprint density at radius 3 is 2.45 bits per heavy atom. The molecule has 0 aliphatic heterocycles. The molecule has 2 N–H and O–H groups in total. The highest BCUT2D eigenvalue weighted by atomic mass is 35.5. The third-order valence-electron chi connectivity index (χ3n) is 2.60. The van der Waals surface area contributed by atoms with Gasteiger partial charge >= 0.3 is 0 Å². The van der Waals surface area contributed by atoms with Crippen LogP contribution in [0.5, 0.6) is 0 Å². The van der Waals surface area contributed by atoms with Crippen LogP contribution in [0, 0.1) is 5.82 Å². The lowest BCUT2D eigenvalue weighted by Gasteiger charge is -2.10. The van der Waals surface area contributed by atoms with E-state index < -0.39 is 26.6 Å². The van der Waals surface area contributed by atoms with Crippen LogP contribution in [0.2, 0.25) is 10.0 Å². The predicted molar refractivity (Wildman–Crippen MR) is 80.6 cm³/mol. The van der Waals surface area contributed by atoms with Crippen molar-refractivity contribution in [2.45, 2.75) is 4.90 Å². The van der Waals surface area contributed by atoms with Crippen molar-refractivity contribution < 1.29 is 17.6 Å². The molecule has 9 heteroatoms. The smallest absolute Gasteiger partial charge is 0.267 e. The Morgan fingerprint density at radius 1 is 1.09 bits per heavy atom. The third kappa shape index (κ3) is 3.75. The number of sulfonamides is 1. The SMILES string of the molecule is O=C(NNS(=O)(=O)c1ccccc1F)c1cc(Cl)ccc1Cl. The highest BCUT2D eigenvalue weighted by molar-refractivity contribution is 7.89. The first kappa shape index (κ1) is 16.7. The van der Waals surface area contributed by atoms with Gasteiger partial charge in [-0.05, 0) is 30.3 Å². The number of rotatable bonds is 4.